The number of halogens is 1. The van der Waals surface area contributed by atoms with E-state index in [-0.39, 0.29) is 12.1 Å². The standard InChI is InChI=1S/C15H20BrNO/c1-11(17)9-12-7-8-15(14(16)10-12)18-13-5-3-2-4-6-13/h3,5,7-8,10-11,13H,2,4,6,9,17H2,1H3. The molecule has 98 valence electrons. The summed E-state index contributed by atoms with van der Waals surface area (Å²) in [5, 5.41) is 0. The fourth-order valence-corrected chi connectivity index (χ4v) is 2.70. The van der Waals surface area contributed by atoms with Crippen molar-refractivity contribution < 1.29 is 4.74 Å². The summed E-state index contributed by atoms with van der Waals surface area (Å²) in [6.45, 7) is 2.02. The van der Waals surface area contributed by atoms with E-state index in [1.807, 2.05) is 13.0 Å². The Morgan fingerprint density at radius 1 is 1.50 bits per heavy atom. The van der Waals surface area contributed by atoms with Crippen molar-refractivity contribution in [1.29, 1.82) is 0 Å². The minimum absolute atomic E-state index is 0.185. The molecule has 2 N–H and O–H groups in total. The largest absolute Gasteiger partial charge is 0.485 e. The molecule has 18 heavy (non-hydrogen) atoms. The molecule has 0 heterocycles. The molecule has 0 bridgehead atoms. The van der Waals surface area contributed by atoms with E-state index in [1.165, 1.54) is 18.4 Å². The van der Waals surface area contributed by atoms with Crippen LogP contribution in [0.2, 0.25) is 0 Å². The number of rotatable bonds is 4. The molecular formula is C15H20BrNO. The molecule has 1 aliphatic rings. The quantitative estimate of drug-likeness (QED) is 0.858. The monoisotopic (exact) mass is 309 g/mol. The molecule has 1 aromatic carbocycles. The van der Waals surface area contributed by atoms with Gasteiger partial charge < -0.3 is 10.5 Å². The number of nitrogens with two attached hydrogens (primary N) is 1. The van der Waals surface area contributed by atoms with Gasteiger partial charge in [0, 0.05) is 6.04 Å². The van der Waals surface area contributed by atoms with Crippen LogP contribution in [0.15, 0.2) is 34.8 Å². The Bertz CT molecular complexity index is 429. The first-order valence-corrected chi connectivity index (χ1v) is 7.32. The van der Waals surface area contributed by atoms with Gasteiger partial charge in [0.25, 0.3) is 0 Å². The fraction of sp³-hybridized carbons (Fsp3) is 0.467. The molecule has 0 aliphatic heterocycles. The molecule has 1 aliphatic carbocycles. The molecule has 0 amide bonds. The molecule has 1 aromatic rings. The first-order chi connectivity index (χ1) is 8.65. The van der Waals surface area contributed by atoms with Gasteiger partial charge >= 0.3 is 0 Å². The minimum atomic E-state index is 0.185. The Balaban J connectivity index is 2.04. The van der Waals surface area contributed by atoms with Gasteiger partial charge in [0.05, 0.1) is 4.47 Å². The van der Waals surface area contributed by atoms with Crippen LogP contribution in [-0.4, -0.2) is 12.1 Å². The highest BCUT2D eigenvalue weighted by Gasteiger charge is 2.12. The lowest BCUT2D eigenvalue weighted by Gasteiger charge is -2.19. The third kappa shape index (κ3) is 3.85. The summed E-state index contributed by atoms with van der Waals surface area (Å²) in [5.74, 6) is 0.917. The van der Waals surface area contributed by atoms with Crippen molar-refractivity contribution in [2.75, 3.05) is 0 Å². The maximum Gasteiger partial charge on any atom is 0.134 e. The number of benzene rings is 1. The molecule has 0 aromatic heterocycles. The van der Waals surface area contributed by atoms with Crippen LogP contribution in [0.5, 0.6) is 5.75 Å². The van der Waals surface area contributed by atoms with Crippen LogP contribution < -0.4 is 10.5 Å². The van der Waals surface area contributed by atoms with Gasteiger partial charge in [-0.15, -0.1) is 0 Å². The second-order valence-corrected chi connectivity index (χ2v) is 5.82. The average molecular weight is 310 g/mol. The second-order valence-electron chi connectivity index (χ2n) is 4.96. The topological polar surface area (TPSA) is 35.2 Å². The van der Waals surface area contributed by atoms with Crippen LogP contribution in [0, 0.1) is 0 Å². The molecule has 0 radical (unpaired) electrons. The highest BCUT2D eigenvalue weighted by Crippen LogP contribution is 2.29. The molecule has 0 saturated heterocycles. The summed E-state index contributed by atoms with van der Waals surface area (Å²) in [5.41, 5.74) is 7.05. The Labute approximate surface area is 117 Å². The van der Waals surface area contributed by atoms with Gasteiger partial charge in [-0.2, -0.15) is 0 Å². The summed E-state index contributed by atoms with van der Waals surface area (Å²) in [4.78, 5) is 0. The lowest BCUT2D eigenvalue weighted by molar-refractivity contribution is 0.228. The Hall–Kier alpha value is -0.800. The Morgan fingerprint density at radius 3 is 2.94 bits per heavy atom. The van der Waals surface area contributed by atoms with Gasteiger partial charge in [-0.1, -0.05) is 12.1 Å². The van der Waals surface area contributed by atoms with E-state index >= 15 is 0 Å². The summed E-state index contributed by atoms with van der Waals surface area (Å²) in [6, 6.07) is 6.41. The van der Waals surface area contributed by atoms with E-state index < -0.39 is 0 Å². The van der Waals surface area contributed by atoms with Crippen molar-refractivity contribution in [1.82, 2.24) is 0 Å². The SMILES string of the molecule is CC(N)Cc1ccc(OC2C=CCCC2)c(Br)c1. The summed E-state index contributed by atoms with van der Waals surface area (Å²) < 4.78 is 6.99. The molecule has 2 atom stereocenters. The van der Waals surface area contributed by atoms with Crippen LogP contribution in [0.25, 0.3) is 0 Å². The lowest BCUT2D eigenvalue weighted by Crippen LogP contribution is -2.18. The summed E-state index contributed by atoms with van der Waals surface area (Å²) in [7, 11) is 0. The van der Waals surface area contributed by atoms with E-state index in [1.54, 1.807) is 0 Å². The van der Waals surface area contributed by atoms with E-state index in [4.69, 9.17) is 10.5 Å². The van der Waals surface area contributed by atoms with Crippen LogP contribution in [0.3, 0.4) is 0 Å². The van der Waals surface area contributed by atoms with Crippen LogP contribution in [-0.2, 0) is 6.42 Å². The molecule has 2 rings (SSSR count). The lowest BCUT2D eigenvalue weighted by atomic mass is 10.1. The highest BCUT2D eigenvalue weighted by molar-refractivity contribution is 9.10. The number of ether oxygens (including phenoxy) is 1. The third-order valence-electron chi connectivity index (χ3n) is 3.04. The minimum Gasteiger partial charge on any atom is -0.485 e. The first kappa shape index (κ1) is 13.6. The van der Waals surface area contributed by atoms with Crippen LogP contribution >= 0.6 is 15.9 Å². The van der Waals surface area contributed by atoms with Gasteiger partial charge in [-0.05, 0) is 72.3 Å². The molecule has 2 nitrogen and oxygen atoms in total. The van der Waals surface area contributed by atoms with Crippen molar-refractivity contribution in [2.45, 2.75) is 44.8 Å². The van der Waals surface area contributed by atoms with Crippen LogP contribution in [0.1, 0.15) is 31.7 Å². The smallest absolute Gasteiger partial charge is 0.134 e. The maximum atomic E-state index is 5.98. The van der Waals surface area contributed by atoms with E-state index in [0.717, 1.165) is 23.1 Å². The number of allylic oxidation sites excluding steroid dienone is 1. The summed E-state index contributed by atoms with van der Waals surface area (Å²) in [6.07, 6.45) is 8.95. The van der Waals surface area contributed by atoms with E-state index in [9.17, 15) is 0 Å². The van der Waals surface area contributed by atoms with E-state index in [0.29, 0.717) is 0 Å². The third-order valence-corrected chi connectivity index (χ3v) is 3.66. The predicted octanol–water partition coefficient (Wildman–Crippen LogP) is 3.83. The van der Waals surface area contributed by atoms with Crippen molar-refractivity contribution in [3.63, 3.8) is 0 Å². The maximum absolute atomic E-state index is 5.98. The van der Waals surface area contributed by atoms with E-state index in [2.05, 4.69) is 40.2 Å². The second kappa shape index (κ2) is 6.39. The average Bonchev–Trinajstić information content (AvgIpc) is 2.33. The van der Waals surface area contributed by atoms with Gasteiger partial charge in [0.1, 0.15) is 11.9 Å². The van der Waals surface area contributed by atoms with Crippen molar-refractivity contribution >= 4 is 15.9 Å². The van der Waals surface area contributed by atoms with Gasteiger partial charge in [-0.25, -0.2) is 0 Å². The van der Waals surface area contributed by atoms with Crippen molar-refractivity contribution in [3.05, 3.63) is 40.4 Å². The van der Waals surface area contributed by atoms with Gasteiger partial charge in [-0.3, -0.25) is 0 Å². The predicted molar refractivity (Wildman–Crippen MR) is 78.9 cm³/mol. The molecule has 0 fully saturated rings. The fourth-order valence-electron chi connectivity index (χ4n) is 2.18. The zero-order chi connectivity index (χ0) is 13.0. The van der Waals surface area contributed by atoms with Crippen molar-refractivity contribution in [3.8, 4) is 5.75 Å². The molecule has 2 unspecified atom stereocenters. The zero-order valence-electron chi connectivity index (χ0n) is 10.7. The highest BCUT2D eigenvalue weighted by atomic mass is 79.9. The van der Waals surface area contributed by atoms with Crippen molar-refractivity contribution in [2.24, 2.45) is 5.73 Å². The Kier molecular flexibility index (Phi) is 4.84. The molecule has 3 heteroatoms. The number of hydrogen-bond acceptors (Lipinski definition) is 2. The normalized spacial score (nSPS) is 20.7. The van der Waals surface area contributed by atoms with Gasteiger partial charge in [0.2, 0.25) is 0 Å². The van der Waals surface area contributed by atoms with Crippen LogP contribution in [0.4, 0.5) is 0 Å². The Morgan fingerprint density at radius 2 is 2.33 bits per heavy atom. The molecular weight excluding hydrogens is 290 g/mol. The molecule has 0 spiro atoms. The summed E-state index contributed by atoms with van der Waals surface area (Å²) >= 11 is 3.57. The molecule has 0 saturated carbocycles. The zero-order valence-corrected chi connectivity index (χ0v) is 12.3. The van der Waals surface area contributed by atoms with Gasteiger partial charge in [0.15, 0.2) is 0 Å². The number of hydrogen-bond donors (Lipinski definition) is 1. The first-order valence-electron chi connectivity index (χ1n) is 6.52.